The van der Waals surface area contributed by atoms with E-state index in [4.69, 9.17) is 4.74 Å². The van der Waals surface area contributed by atoms with Crippen molar-refractivity contribution < 1.29 is 14.3 Å². The Morgan fingerprint density at radius 1 is 1.05 bits per heavy atom. The van der Waals surface area contributed by atoms with Crippen molar-refractivity contribution in [3.05, 3.63) is 30.3 Å². The van der Waals surface area contributed by atoms with E-state index in [-0.39, 0.29) is 42.5 Å². The molecule has 3 heterocycles. The van der Waals surface area contributed by atoms with Crippen molar-refractivity contribution in [2.45, 2.75) is 25.0 Å². The largest absolute Gasteiger partial charge is 0.373 e. The minimum absolute atomic E-state index is 0.0387. The summed E-state index contributed by atoms with van der Waals surface area (Å²) < 4.78 is 5.70. The summed E-state index contributed by atoms with van der Waals surface area (Å²) in [5.41, 5.74) is 0.907. The second-order valence-electron chi connectivity index (χ2n) is 5.65. The first-order valence-corrected chi connectivity index (χ1v) is 7.05. The molecule has 0 aliphatic carbocycles. The first kappa shape index (κ1) is 11.9. The van der Waals surface area contributed by atoms with Gasteiger partial charge in [0.15, 0.2) is 0 Å². The predicted molar refractivity (Wildman–Crippen MR) is 71.7 cm³/mol. The molecule has 3 aliphatic heterocycles. The van der Waals surface area contributed by atoms with Crippen LogP contribution in [0.1, 0.15) is 12.8 Å². The van der Waals surface area contributed by atoms with Crippen LogP contribution in [0.4, 0.5) is 5.69 Å². The third kappa shape index (κ3) is 1.59. The molecule has 4 atom stereocenters. The molecule has 1 aromatic rings. The Bertz CT molecular complexity index is 531. The highest BCUT2D eigenvalue weighted by atomic mass is 16.5. The Balaban J connectivity index is 1.50. The number of amides is 2. The molecule has 1 N–H and O–H groups in total. The van der Waals surface area contributed by atoms with Gasteiger partial charge in [0.1, 0.15) is 0 Å². The van der Waals surface area contributed by atoms with E-state index in [0.717, 1.165) is 18.5 Å². The molecule has 3 saturated heterocycles. The first-order valence-electron chi connectivity index (χ1n) is 7.05. The van der Waals surface area contributed by atoms with E-state index in [1.807, 2.05) is 30.3 Å². The number of benzene rings is 1. The molecule has 3 aliphatic rings. The predicted octanol–water partition coefficient (Wildman–Crippen LogP) is 1.22. The fourth-order valence-corrected chi connectivity index (χ4v) is 3.66. The summed E-state index contributed by atoms with van der Waals surface area (Å²) in [4.78, 5) is 26.1. The van der Waals surface area contributed by atoms with Gasteiger partial charge in [-0.2, -0.15) is 0 Å². The van der Waals surface area contributed by atoms with E-state index in [1.54, 1.807) is 0 Å². The molecule has 5 heteroatoms. The minimum atomic E-state index is -0.237. The van der Waals surface area contributed by atoms with Gasteiger partial charge in [-0.15, -0.1) is 0 Å². The van der Waals surface area contributed by atoms with Crippen LogP contribution in [0.25, 0.3) is 0 Å². The number of rotatable bonds is 3. The van der Waals surface area contributed by atoms with Gasteiger partial charge in [0.05, 0.1) is 30.7 Å². The monoisotopic (exact) mass is 272 g/mol. The fraction of sp³-hybridized carbons (Fsp3) is 0.467. The number of nitrogens with zero attached hydrogens (tertiary/aromatic N) is 1. The van der Waals surface area contributed by atoms with Gasteiger partial charge < -0.3 is 10.1 Å². The quantitative estimate of drug-likeness (QED) is 0.841. The number of carbonyl (C=O) groups excluding carboxylic acids is 2. The molecular weight excluding hydrogens is 256 g/mol. The molecule has 4 unspecified atom stereocenters. The lowest BCUT2D eigenvalue weighted by atomic mass is 9.81. The number of hydrogen-bond acceptors (Lipinski definition) is 4. The minimum Gasteiger partial charge on any atom is -0.373 e. The molecule has 3 fully saturated rings. The molecule has 4 rings (SSSR count). The van der Waals surface area contributed by atoms with Gasteiger partial charge in [-0.05, 0) is 25.0 Å². The number of imide groups is 1. The zero-order valence-corrected chi connectivity index (χ0v) is 11.0. The van der Waals surface area contributed by atoms with Crippen LogP contribution in [0.3, 0.4) is 0 Å². The molecule has 1 aromatic carbocycles. The lowest BCUT2D eigenvalue weighted by Crippen LogP contribution is -2.37. The standard InChI is InChI=1S/C15H16N2O3/c18-14-12-10-6-7-11(20-10)13(12)15(19)17(14)8-16-9-4-2-1-3-5-9/h1-5,10-13,16H,6-8H2. The molecule has 5 nitrogen and oxygen atoms in total. The van der Waals surface area contributed by atoms with E-state index >= 15 is 0 Å². The van der Waals surface area contributed by atoms with Crippen molar-refractivity contribution in [1.82, 2.24) is 4.90 Å². The number of hydrogen-bond donors (Lipinski definition) is 1. The number of ether oxygens (including phenoxy) is 1. The summed E-state index contributed by atoms with van der Waals surface area (Å²) in [5.74, 6) is -0.621. The summed E-state index contributed by atoms with van der Waals surface area (Å²) in [6.45, 7) is 0.244. The summed E-state index contributed by atoms with van der Waals surface area (Å²) in [6.07, 6.45) is 1.74. The van der Waals surface area contributed by atoms with Gasteiger partial charge in [0, 0.05) is 5.69 Å². The maximum Gasteiger partial charge on any atom is 0.237 e. The Kier molecular flexibility index (Phi) is 2.57. The maximum absolute atomic E-state index is 12.4. The lowest BCUT2D eigenvalue weighted by Gasteiger charge is -2.18. The molecule has 2 bridgehead atoms. The molecule has 0 radical (unpaired) electrons. The van der Waals surface area contributed by atoms with E-state index in [9.17, 15) is 9.59 Å². The Hall–Kier alpha value is -1.88. The summed E-state index contributed by atoms with van der Waals surface area (Å²) in [7, 11) is 0. The van der Waals surface area contributed by atoms with Crippen molar-refractivity contribution in [2.24, 2.45) is 11.8 Å². The zero-order valence-electron chi connectivity index (χ0n) is 11.0. The van der Waals surface area contributed by atoms with Gasteiger partial charge in [0.2, 0.25) is 11.8 Å². The number of fused-ring (bicyclic) bond motifs is 5. The van der Waals surface area contributed by atoms with Crippen LogP contribution in [0.15, 0.2) is 30.3 Å². The number of anilines is 1. The number of para-hydroxylation sites is 1. The highest BCUT2D eigenvalue weighted by molar-refractivity contribution is 6.06. The van der Waals surface area contributed by atoms with Crippen LogP contribution >= 0.6 is 0 Å². The van der Waals surface area contributed by atoms with E-state index < -0.39 is 0 Å². The number of carbonyl (C=O) groups is 2. The van der Waals surface area contributed by atoms with Crippen LogP contribution in [-0.4, -0.2) is 35.6 Å². The van der Waals surface area contributed by atoms with E-state index in [0.29, 0.717) is 0 Å². The van der Waals surface area contributed by atoms with Crippen LogP contribution < -0.4 is 5.32 Å². The van der Waals surface area contributed by atoms with Crippen LogP contribution in [0, 0.1) is 11.8 Å². The van der Waals surface area contributed by atoms with Gasteiger partial charge in [0.25, 0.3) is 0 Å². The second-order valence-corrected chi connectivity index (χ2v) is 5.65. The Morgan fingerprint density at radius 2 is 1.65 bits per heavy atom. The molecule has 0 aromatic heterocycles. The van der Waals surface area contributed by atoms with Crippen molar-refractivity contribution in [2.75, 3.05) is 12.0 Å². The second kappa shape index (κ2) is 4.31. The van der Waals surface area contributed by atoms with Crippen molar-refractivity contribution >= 4 is 17.5 Å². The van der Waals surface area contributed by atoms with Gasteiger partial charge in [-0.3, -0.25) is 14.5 Å². The van der Waals surface area contributed by atoms with E-state index in [1.165, 1.54) is 4.90 Å². The van der Waals surface area contributed by atoms with Crippen LogP contribution in [-0.2, 0) is 14.3 Å². The van der Waals surface area contributed by atoms with Crippen molar-refractivity contribution in [3.8, 4) is 0 Å². The maximum atomic E-state index is 12.4. The molecule has 0 spiro atoms. The molecule has 0 saturated carbocycles. The van der Waals surface area contributed by atoms with Crippen LogP contribution in [0.2, 0.25) is 0 Å². The first-order chi connectivity index (χ1) is 9.75. The SMILES string of the molecule is O=C1C2C3CCC(O3)C2C(=O)N1CNc1ccccc1. The van der Waals surface area contributed by atoms with E-state index in [2.05, 4.69) is 5.32 Å². The Labute approximate surface area is 116 Å². The highest BCUT2D eigenvalue weighted by Crippen LogP contribution is 2.48. The average Bonchev–Trinajstić information content (AvgIpc) is 3.13. The van der Waals surface area contributed by atoms with Gasteiger partial charge >= 0.3 is 0 Å². The average molecular weight is 272 g/mol. The topological polar surface area (TPSA) is 58.6 Å². The fourth-order valence-electron chi connectivity index (χ4n) is 3.66. The third-order valence-electron chi connectivity index (χ3n) is 4.59. The Morgan fingerprint density at radius 3 is 2.25 bits per heavy atom. The smallest absolute Gasteiger partial charge is 0.237 e. The number of likely N-dealkylation sites (tertiary alicyclic amines) is 1. The molecule has 104 valence electrons. The lowest BCUT2D eigenvalue weighted by molar-refractivity contribution is -0.142. The number of nitrogens with one attached hydrogen (secondary N) is 1. The molecular formula is C15H16N2O3. The van der Waals surface area contributed by atoms with Gasteiger partial charge in [-0.1, -0.05) is 18.2 Å². The molecule has 20 heavy (non-hydrogen) atoms. The molecule has 2 amide bonds. The summed E-state index contributed by atoms with van der Waals surface area (Å²) in [6, 6.07) is 9.59. The zero-order chi connectivity index (χ0) is 13.7. The van der Waals surface area contributed by atoms with Gasteiger partial charge in [-0.25, -0.2) is 0 Å². The van der Waals surface area contributed by atoms with Crippen molar-refractivity contribution in [1.29, 1.82) is 0 Å². The van der Waals surface area contributed by atoms with Crippen molar-refractivity contribution in [3.63, 3.8) is 0 Å². The third-order valence-corrected chi connectivity index (χ3v) is 4.59. The normalized spacial score (nSPS) is 34.7. The highest BCUT2D eigenvalue weighted by Gasteiger charge is 2.62. The summed E-state index contributed by atoms with van der Waals surface area (Å²) >= 11 is 0. The summed E-state index contributed by atoms with van der Waals surface area (Å²) in [5, 5.41) is 3.13. The van der Waals surface area contributed by atoms with Crippen LogP contribution in [0.5, 0.6) is 0 Å².